The van der Waals surface area contributed by atoms with Crippen molar-refractivity contribution in [3.63, 3.8) is 0 Å². The zero-order chi connectivity index (χ0) is 18.4. The van der Waals surface area contributed by atoms with Crippen LogP contribution >= 0.6 is 35.0 Å². The van der Waals surface area contributed by atoms with Gasteiger partial charge in [-0.3, -0.25) is 9.59 Å². The van der Waals surface area contributed by atoms with E-state index in [9.17, 15) is 9.59 Å². The van der Waals surface area contributed by atoms with Crippen molar-refractivity contribution in [2.24, 2.45) is 0 Å². The van der Waals surface area contributed by atoms with Gasteiger partial charge in [0.05, 0.1) is 22.0 Å². The summed E-state index contributed by atoms with van der Waals surface area (Å²) < 4.78 is 5.05. The molecule has 0 spiro atoms. The molecular formula is C16H17Cl2N3O3S. The molecule has 0 saturated carbocycles. The lowest BCUT2D eigenvalue weighted by molar-refractivity contribution is -0.118. The van der Waals surface area contributed by atoms with E-state index in [1.165, 1.54) is 24.5 Å². The maximum absolute atomic E-state index is 12.5. The number of thioether (sulfide) groups is 1. The normalized spacial score (nSPS) is 11.8. The quantitative estimate of drug-likeness (QED) is 0.614. The third-order valence-electron chi connectivity index (χ3n) is 3.32. The van der Waals surface area contributed by atoms with Gasteiger partial charge in [-0.05, 0) is 42.7 Å². The highest BCUT2D eigenvalue weighted by atomic mass is 35.5. The van der Waals surface area contributed by atoms with Gasteiger partial charge >= 0.3 is 0 Å². The average Bonchev–Trinajstić information content (AvgIpc) is 3.10. The summed E-state index contributed by atoms with van der Waals surface area (Å²) in [6, 6.07) is 5.39. The number of halogens is 2. The molecule has 0 bridgehead atoms. The Bertz CT molecular complexity index is 730. The zero-order valence-corrected chi connectivity index (χ0v) is 15.7. The predicted octanol–water partition coefficient (Wildman–Crippen LogP) is 3.66. The van der Waals surface area contributed by atoms with Gasteiger partial charge in [-0.15, -0.1) is 0 Å². The first-order valence-electron chi connectivity index (χ1n) is 7.31. The highest BCUT2D eigenvalue weighted by Crippen LogP contribution is 2.31. The molecule has 134 valence electrons. The third-order valence-corrected chi connectivity index (χ3v) is 4.59. The third kappa shape index (κ3) is 5.32. The number of carbonyl (C=O) groups excluding carboxylic acids is 2. The summed E-state index contributed by atoms with van der Waals surface area (Å²) >= 11 is 13.5. The van der Waals surface area contributed by atoms with Crippen molar-refractivity contribution in [3.05, 3.63) is 46.3 Å². The number of nitrogens with one attached hydrogen (secondary N) is 2. The Balaban J connectivity index is 2.11. The molecule has 2 rings (SSSR count). The Hall–Kier alpha value is -1.83. The van der Waals surface area contributed by atoms with Crippen LogP contribution in [0.3, 0.4) is 0 Å². The van der Waals surface area contributed by atoms with E-state index >= 15 is 0 Å². The molecule has 25 heavy (non-hydrogen) atoms. The van der Waals surface area contributed by atoms with E-state index in [1.807, 2.05) is 6.26 Å². The fourth-order valence-corrected chi connectivity index (χ4v) is 2.99. The van der Waals surface area contributed by atoms with Gasteiger partial charge in [-0.2, -0.15) is 11.8 Å². The summed E-state index contributed by atoms with van der Waals surface area (Å²) in [6.45, 7) is 0. The fraction of sp³-hybridized carbons (Fsp3) is 0.250. The molecule has 0 radical (unpaired) electrons. The Morgan fingerprint density at radius 1 is 1.32 bits per heavy atom. The van der Waals surface area contributed by atoms with Crippen molar-refractivity contribution in [3.8, 4) is 0 Å². The number of carbonyl (C=O) groups is 2. The SMILES string of the molecule is CSCCC(NC(=O)c1ccco1)C(=O)Nc1cc(Cl)c(N)c(Cl)c1. The van der Waals surface area contributed by atoms with Crippen LogP contribution in [0.5, 0.6) is 0 Å². The van der Waals surface area contributed by atoms with Gasteiger partial charge in [0.2, 0.25) is 5.91 Å². The second-order valence-corrected chi connectivity index (χ2v) is 6.93. The van der Waals surface area contributed by atoms with E-state index in [-0.39, 0.29) is 27.4 Å². The minimum absolute atomic E-state index is 0.139. The van der Waals surface area contributed by atoms with Crippen molar-refractivity contribution in [1.29, 1.82) is 0 Å². The van der Waals surface area contributed by atoms with E-state index in [0.717, 1.165) is 0 Å². The van der Waals surface area contributed by atoms with Gasteiger partial charge in [-0.1, -0.05) is 23.2 Å². The number of amides is 2. The smallest absolute Gasteiger partial charge is 0.287 e. The molecule has 0 saturated heterocycles. The number of hydrogen-bond acceptors (Lipinski definition) is 5. The van der Waals surface area contributed by atoms with Gasteiger partial charge in [0.15, 0.2) is 5.76 Å². The van der Waals surface area contributed by atoms with Crippen molar-refractivity contribution >= 4 is 58.2 Å². The first-order valence-corrected chi connectivity index (χ1v) is 9.46. The van der Waals surface area contributed by atoms with Crippen LogP contribution in [0.2, 0.25) is 10.0 Å². The van der Waals surface area contributed by atoms with Crippen LogP contribution in [0.15, 0.2) is 34.9 Å². The van der Waals surface area contributed by atoms with Crippen molar-refractivity contribution in [2.75, 3.05) is 23.1 Å². The van der Waals surface area contributed by atoms with Crippen LogP contribution in [0.4, 0.5) is 11.4 Å². The van der Waals surface area contributed by atoms with Gasteiger partial charge in [0.25, 0.3) is 5.91 Å². The van der Waals surface area contributed by atoms with Gasteiger partial charge in [0, 0.05) is 5.69 Å². The maximum Gasteiger partial charge on any atom is 0.287 e. The van der Waals surface area contributed by atoms with E-state index in [1.54, 1.807) is 17.8 Å². The minimum Gasteiger partial charge on any atom is -0.459 e. The molecule has 1 aromatic carbocycles. The lowest BCUT2D eigenvalue weighted by Crippen LogP contribution is -2.44. The molecule has 0 aliphatic carbocycles. The van der Waals surface area contributed by atoms with Crippen LogP contribution in [0.1, 0.15) is 17.0 Å². The van der Waals surface area contributed by atoms with Crippen LogP contribution in [0, 0.1) is 0 Å². The molecule has 0 aliphatic rings. The Labute approximate surface area is 159 Å². The van der Waals surface area contributed by atoms with Crippen LogP contribution < -0.4 is 16.4 Å². The Morgan fingerprint density at radius 3 is 2.56 bits per heavy atom. The summed E-state index contributed by atoms with van der Waals surface area (Å²) in [4.78, 5) is 24.7. The lowest BCUT2D eigenvalue weighted by Gasteiger charge is -2.18. The molecule has 0 aliphatic heterocycles. The molecule has 1 atom stereocenters. The predicted molar refractivity (Wildman–Crippen MR) is 102 cm³/mol. The minimum atomic E-state index is -0.736. The van der Waals surface area contributed by atoms with E-state index in [2.05, 4.69) is 10.6 Å². The average molecular weight is 402 g/mol. The highest BCUT2D eigenvalue weighted by Gasteiger charge is 2.22. The second kappa shape index (κ2) is 9.03. The van der Waals surface area contributed by atoms with E-state index in [4.69, 9.17) is 33.4 Å². The number of furan rings is 1. The summed E-state index contributed by atoms with van der Waals surface area (Å²) in [7, 11) is 0. The van der Waals surface area contributed by atoms with Crippen LogP contribution in [-0.2, 0) is 4.79 Å². The van der Waals surface area contributed by atoms with Crippen molar-refractivity contribution in [1.82, 2.24) is 5.32 Å². The molecule has 0 fully saturated rings. The lowest BCUT2D eigenvalue weighted by atomic mass is 10.2. The number of anilines is 2. The fourth-order valence-electron chi connectivity index (χ4n) is 2.03. The van der Waals surface area contributed by atoms with Crippen molar-refractivity contribution in [2.45, 2.75) is 12.5 Å². The Morgan fingerprint density at radius 2 is 2.00 bits per heavy atom. The molecule has 2 aromatic rings. The monoisotopic (exact) mass is 401 g/mol. The molecular weight excluding hydrogens is 385 g/mol. The van der Waals surface area contributed by atoms with E-state index in [0.29, 0.717) is 17.9 Å². The molecule has 1 aromatic heterocycles. The van der Waals surface area contributed by atoms with Crippen molar-refractivity contribution < 1.29 is 14.0 Å². The first-order chi connectivity index (χ1) is 11.9. The van der Waals surface area contributed by atoms with Gasteiger partial charge in [-0.25, -0.2) is 0 Å². The zero-order valence-electron chi connectivity index (χ0n) is 13.3. The topological polar surface area (TPSA) is 97.4 Å². The number of hydrogen-bond donors (Lipinski definition) is 3. The number of rotatable bonds is 7. The maximum atomic E-state index is 12.5. The van der Waals surface area contributed by atoms with Gasteiger partial charge in [0.1, 0.15) is 6.04 Å². The molecule has 9 heteroatoms. The molecule has 4 N–H and O–H groups in total. The second-order valence-electron chi connectivity index (χ2n) is 5.13. The highest BCUT2D eigenvalue weighted by molar-refractivity contribution is 7.98. The molecule has 1 heterocycles. The molecule has 6 nitrogen and oxygen atoms in total. The number of nitrogen functional groups attached to an aromatic ring is 1. The van der Waals surface area contributed by atoms with Crippen LogP contribution in [0.25, 0.3) is 0 Å². The van der Waals surface area contributed by atoms with Gasteiger partial charge < -0.3 is 20.8 Å². The first kappa shape index (κ1) is 19.5. The summed E-state index contributed by atoms with van der Waals surface area (Å²) in [5.41, 5.74) is 6.32. The number of benzene rings is 1. The largest absolute Gasteiger partial charge is 0.459 e. The standard InChI is InChI=1S/C16H17Cl2N3O3S/c1-25-6-4-12(21-16(23)13-3-2-5-24-13)15(22)20-9-7-10(17)14(19)11(18)8-9/h2-3,5,7-8,12H,4,6,19H2,1H3,(H,20,22)(H,21,23). The summed E-state index contributed by atoms with van der Waals surface area (Å²) in [5.74, 6) is -0.00855. The summed E-state index contributed by atoms with van der Waals surface area (Å²) in [6.07, 6.45) is 3.77. The summed E-state index contributed by atoms with van der Waals surface area (Å²) in [5, 5.41) is 5.84. The Kier molecular flexibility index (Phi) is 7.04. The molecule has 1 unspecified atom stereocenters. The van der Waals surface area contributed by atoms with Crippen LogP contribution in [-0.4, -0.2) is 29.9 Å². The number of nitrogens with two attached hydrogens (primary N) is 1. The molecule has 2 amide bonds. The van der Waals surface area contributed by atoms with E-state index < -0.39 is 11.9 Å².